The van der Waals surface area contributed by atoms with Gasteiger partial charge in [-0.1, -0.05) is 12.1 Å². The fourth-order valence-electron chi connectivity index (χ4n) is 2.62. The second-order valence-electron chi connectivity index (χ2n) is 5.45. The smallest absolute Gasteiger partial charge is 0.255 e. The number of carbonyl (C=O) groups is 1. The van der Waals surface area contributed by atoms with Gasteiger partial charge in [0.15, 0.2) is 12.3 Å². The Morgan fingerprint density at radius 1 is 1.44 bits per heavy atom. The Bertz CT molecular complexity index is 816. The first kappa shape index (κ1) is 16.7. The summed E-state index contributed by atoms with van der Waals surface area (Å²) >= 11 is 0. The number of nitrogens with two attached hydrogens (primary N) is 1. The van der Waals surface area contributed by atoms with E-state index in [1.54, 1.807) is 47.5 Å². The van der Waals surface area contributed by atoms with Gasteiger partial charge in [0.2, 0.25) is 0 Å². The Kier molecular flexibility index (Phi) is 4.55. The first-order valence-electron chi connectivity index (χ1n) is 7.51. The van der Waals surface area contributed by atoms with Gasteiger partial charge < -0.3 is 30.2 Å². The van der Waals surface area contributed by atoms with Crippen LogP contribution in [0.15, 0.2) is 59.0 Å². The van der Waals surface area contributed by atoms with Crippen LogP contribution in [0.25, 0.3) is 0 Å². The summed E-state index contributed by atoms with van der Waals surface area (Å²) in [4.78, 5) is 14.3. The number of furan rings is 1. The number of hydrogen-bond acceptors (Lipinski definition) is 6. The maximum absolute atomic E-state index is 12.6. The second-order valence-corrected chi connectivity index (χ2v) is 5.45. The normalized spacial score (nSPS) is 18.5. The molecule has 25 heavy (non-hydrogen) atoms. The van der Waals surface area contributed by atoms with Crippen LogP contribution in [-0.2, 0) is 9.53 Å². The van der Waals surface area contributed by atoms with Crippen molar-refractivity contribution in [2.45, 2.75) is 12.3 Å². The molecular formula is C17H18N4O4. The Morgan fingerprint density at radius 3 is 2.88 bits per heavy atom. The average molecular weight is 342 g/mol. The van der Waals surface area contributed by atoms with Gasteiger partial charge in [-0.3, -0.25) is 10.2 Å². The fourth-order valence-corrected chi connectivity index (χ4v) is 2.62. The first-order chi connectivity index (χ1) is 12.0. The van der Waals surface area contributed by atoms with E-state index in [1.165, 1.54) is 13.4 Å². The lowest BCUT2D eigenvalue weighted by Crippen LogP contribution is -2.46. The van der Waals surface area contributed by atoms with Crippen molar-refractivity contribution in [2.24, 2.45) is 5.73 Å². The van der Waals surface area contributed by atoms with Gasteiger partial charge in [0.1, 0.15) is 11.6 Å². The zero-order valence-electron chi connectivity index (χ0n) is 13.5. The summed E-state index contributed by atoms with van der Waals surface area (Å²) in [6.45, 7) is 0. The van der Waals surface area contributed by atoms with Crippen molar-refractivity contribution in [3.05, 3.63) is 65.9 Å². The number of rotatable bonds is 5. The van der Waals surface area contributed by atoms with Gasteiger partial charge in [-0.25, -0.2) is 0 Å². The maximum atomic E-state index is 12.6. The number of aliphatic hydroxyl groups is 1. The number of aliphatic hydroxyl groups excluding tert-OH is 1. The molecule has 0 bridgehead atoms. The van der Waals surface area contributed by atoms with Gasteiger partial charge in [-0.15, -0.1) is 0 Å². The molecule has 1 amide bonds. The molecule has 1 aromatic heterocycles. The number of nitrogens with one attached hydrogen (secondary N) is 2. The highest BCUT2D eigenvalue weighted by molar-refractivity contribution is 5.96. The molecule has 0 spiro atoms. The Labute approximate surface area is 144 Å². The Balaban J connectivity index is 2.10. The summed E-state index contributed by atoms with van der Waals surface area (Å²) in [7, 11) is 1.33. The summed E-state index contributed by atoms with van der Waals surface area (Å²) in [6.07, 6.45) is 1.78. The summed E-state index contributed by atoms with van der Waals surface area (Å²) in [6, 6.07) is 9.50. The van der Waals surface area contributed by atoms with Gasteiger partial charge in [-0.2, -0.15) is 0 Å². The van der Waals surface area contributed by atoms with Crippen molar-refractivity contribution < 1.29 is 19.1 Å². The molecule has 130 valence electrons. The lowest BCUT2D eigenvalue weighted by molar-refractivity contribution is -0.124. The summed E-state index contributed by atoms with van der Waals surface area (Å²) < 4.78 is 10.3. The molecule has 2 aromatic rings. The van der Waals surface area contributed by atoms with Crippen LogP contribution in [-0.4, -0.2) is 30.2 Å². The zero-order valence-corrected chi connectivity index (χ0v) is 13.5. The van der Waals surface area contributed by atoms with Crippen molar-refractivity contribution >= 4 is 17.4 Å². The van der Waals surface area contributed by atoms with Crippen LogP contribution in [0, 0.1) is 5.41 Å². The predicted molar refractivity (Wildman–Crippen MR) is 90.6 cm³/mol. The largest absolute Gasteiger partial charge is 0.467 e. The van der Waals surface area contributed by atoms with Crippen molar-refractivity contribution in [1.82, 2.24) is 5.32 Å². The van der Waals surface area contributed by atoms with Crippen LogP contribution in [0.4, 0.5) is 5.69 Å². The summed E-state index contributed by atoms with van der Waals surface area (Å²) in [5.74, 6) is -0.0244. The van der Waals surface area contributed by atoms with Crippen molar-refractivity contribution in [1.29, 1.82) is 5.41 Å². The number of amides is 1. The number of nitrogens with zero attached hydrogens (tertiary/aromatic N) is 1. The summed E-state index contributed by atoms with van der Waals surface area (Å²) in [5.41, 5.74) is 6.89. The van der Waals surface area contributed by atoms with Crippen LogP contribution in [0.1, 0.15) is 17.4 Å². The molecule has 2 heterocycles. The Morgan fingerprint density at radius 2 is 2.24 bits per heavy atom. The van der Waals surface area contributed by atoms with E-state index in [0.29, 0.717) is 17.0 Å². The first-order valence-corrected chi connectivity index (χ1v) is 7.51. The van der Waals surface area contributed by atoms with Crippen molar-refractivity contribution in [3.63, 3.8) is 0 Å². The molecule has 2 atom stereocenters. The maximum Gasteiger partial charge on any atom is 0.255 e. The molecule has 0 radical (unpaired) electrons. The third-order valence-electron chi connectivity index (χ3n) is 3.83. The molecule has 2 unspecified atom stereocenters. The summed E-state index contributed by atoms with van der Waals surface area (Å²) in [5, 5.41) is 20.1. The third-order valence-corrected chi connectivity index (χ3v) is 3.83. The van der Waals surface area contributed by atoms with E-state index in [4.69, 9.17) is 20.3 Å². The van der Waals surface area contributed by atoms with Gasteiger partial charge in [0.25, 0.3) is 5.91 Å². The second kappa shape index (κ2) is 6.80. The molecule has 8 heteroatoms. The minimum Gasteiger partial charge on any atom is -0.467 e. The van der Waals surface area contributed by atoms with Crippen LogP contribution < -0.4 is 16.0 Å². The van der Waals surface area contributed by atoms with Gasteiger partial charge in [0, 0.05) is 24.6 Å². The van der Waals surface area contributed by atoms with Crippen LogP contribution in [0.5, 0.6) is 0 Å². The third kappa shape index (κ3) is 3.25. The highest BCUT2D eigenvalue weighted by Gasteiger charge is 2.35. The number of nitrogen functional groups attached to an aromatic ring is 1. The topological polar surface area (TPSA) is 125 Å². The average Bonchev–Trinajstić information content (AvgIpc) is 3.14. The van der Waals surface area contributed by atoms with Gasteiger partial charge >= 0.3 is 0 Å². The number of amidine groups is 1. The SMILES string of the molecule is COC(O)C1=CN(c2cccc(C(=N)N)c2)C(c2ccco2)C(=O)N1. The van der Waals surface area contributed by atoms with Gasteiger partial charge in [-0.05, 0) is 24.3 Å². The van der Waals surface area contributed by atoms with E-state index in [0.717, 1.165) is 0 Å². The van der Waals surface area contributed by atoms with E-state index in [-0.39, 0.29) is 17.4 Å². The predicted octanol–water partition coefficient (Wildman–Crippen LogP) is 1.05. The molecule has 1 aromatic carbocycles. The molecule has 0 aliphatic carbocycles. The fraction of sp³-hybridized carbons (Fsp3) is 0.176. The quantitative estimate of drug-likeness (QED) is 0.366. The minimum absolute atomic E-state index is 0.0843. The highest BCUT2D eigenvalue weighted by Crippen LogP contribution is 2.32. The molecular weight excluding hydrogens is 324 g/mol. The number of hydrogen-bond donors (Lipinski definition) is 4. The molecule has 0 saturated carbocycles. The van der Waals surface area contributed by atoms with Crippen LogP contribution in [0.3, 0.4) is 0 Å². The van der Waals surface area contributed by atoms with Crippen LogP contribution in [0.2, 0.25) is 0 Å². The lowest BCUT2D eigenvalue weighted by Gasteiger charge is -2.34. The number of anilines is 1. The van der Waals surface area contributed by atoms with Crippen LogP contribution >= 0.6 is 0 Å². The number of benzene rings is 1. The molecule has 0 saturated heterocycles. The highest BCUT2D eigenvalue weighted by atomic mass is 16.6. The molecule has 0 fully saturated rings. The van der Waals surface area contributed by atoms with Crippen molar-refractivity contribution in [2.75, 3.05) is 12.0 Å². The molecule has 5 N–H and O–H groups in total. The number of methoxy groups -OCH3 is 1. The number of carbonyl (C=O) groups excluding carboxylic acids is 1. The zero-order chi connectivity index (χ0) is 18.0. The Hall–Kier alpha value is -3.10. The van der Waals surface area contributed by atoms with E-state index in [1.807, 2.05) is 0 Å². The lowest BCUT2D eigenvalue weighted by atomic mass is 10.1. The standard InChI is InChI=1S/C17H18N4O4/c1-24-17(23)12-9-21(11-5-2-4-10(8-11)15(18)19)14(16(22)20-12)13-6-3-7-25-13/h2-9,14,17,23H,1H3,(H3,18,19)(H,20,22). The molecule has 3 rings (SSSR count). The van der Waals surface area contributed by atoms with Gasteiger partial charge in [0.05, 0.1) is 12.0 Å². The van der Waals surface area contributed by atoms with E-state index in [9.17, 15) is 9.90 Å². The van der Waals surface area contributed by atoms with E-state index < -0.39 is 12.3 Å². The molecule has 1 aliphatic rings. The van der Waals surface area contributed by atoms with E-state index >= 15 is 0 Å². The minimum atomic E-state index is -1.28. The molecule has 1 aliphatic heterocycles. The monoisotopic (exact) mass is 342 g/mol. The molecule has 8 nitrogen and oxygen atoms in total. The number of ether oxygens (including phenoxy) is 1. The van der Waals surface area contributed by atoms with Crippen molar-refractivity contribution in [3.8, 4) is 0 Å². The van der Waals surface area contributed by atoms with E-state index in [2.05, 4.69) is 5.32 Å².